The van der Waals surface area contributed by atoms with E-state index in [2.05, 4.69) is 24.1 Å². The molecule has 1 aromatic carbocycles. The summed E-state index contributed by atoms with van der Waals surface area (Å²) in [6, 6.07) is 5.62. The molecule has 370 valence electrons. The molecule has 0 aromatic heterocycles. The molecule has 0 saturated heterocycles. The van der Waals surface area contributed by atoms with Crippen LogP contribution in [0.2, 0.25) is 0 Å². The monoisotopic (exact) mass is 934 g/mol. The van der Waals surface area contributed by atoms with Crippen molar-refractivity contribution < 1.29 is 45.0 Å². The lowest BCUT2D eigenvalue weighted by Gasteiger charge is -2.75. The summed E-state index contributed by atoms with van der Waals surface area (Å²) in [7, 11) is 1.91. The van der Waals surface area contributed by atoms with Crippen molar-refractivity contribution in [2.24, 2.45) is 74.4 Å². The van der Waals surface area contributed by atoms with Crippen LogP contribution < -0.4 is 5.32 Å². The van der Waals surface area contributed by atoms with Crippen LogP contribution in [0.1, 0.15) is 165 Å². The van der Waals surface area contributed by atoms with Crippen molar-refractivity contribution in [3.8, 4) is 11.8 Å². The molecule has 3 spiro atoms. The van der Waals surface area contributed by atoms with Crippen LogP contribution in [-0.4, -0.2) is 91.6 Å². The van der Waals surface area contributed by atoms with Gasteiger partial charge < -0.3 is 45.5 Å². The number of esters is 1. The van der Waals surface area contributed by atoms with Gasteiger partial charge in [0.25, 0.3) is 0 Å². The molecule has 7 N–H and O–H groups in total. The van der Waals surface area contributed by atoms with E-state index in [9.17, 15) is 35.4 Å². The Balaban J connectivity index is 1.06. The van der Waals surface area contributed by atoms with E-state index in [0.29, 0.717) is 75.2 Å². The largest absolute Gasteiger partial charge is 0.454 e. The fraction of sp³-hybridized carbons (Fsp3) is 0.793. The van der Waals surface area contributed by atoms with Crippen LogP contribution in [0.5, 0.6) is 0 Å². The van der Waals surface area contributed by atoms with Crippen LogP contribution in [0, 0.1) is 86.3 Å². The minimum absolute atomic E-state index is 0.106. The van der Waals surface area contributed by atoms with Crippen LogP contribution in [-0.2, 0) is 27.4 Å². The summed E-state index contributed by atoms with van der Waals surface area (Å²) < 4.78 is 6.36. The molecule has 17 atom stereocenters. The number of fused-ring (bicyclic) bond motifs is 7. The Hall–Kier alpha value is -2.62. The van der Waals surface area contributed by atoms with E-state index in [1.807, 2.05) is 25.2 Å². The number of hydrogen-bond acceptors (Lipinski definition) is 10. The van der Waals surface area contributed by atoms with Gasteiger partial charge >= 0.3 is 5.97 Å². The lowest BCUT2D eigenvalue weighted by atomic mass is 9.31. The summed E-state index contributed by atoms with van der Waals surface area (Å²) in [5.41, 5.74) is -6.44. The van der Waals surface area contributed by atoms with Gasteiger partial charge in [-0.05, 0) is 161 Å². The molecule has 1 heterocycles. The molecule has 12 aliphatic rings. The number of benzene rings is 1. The summed E-state index contributed by atoms with van der Waals surface area (Å²) >= 11 is 0. The van der Waals surface area contributed by atoms with E-state index in [4.69, 9.17) is 4.74 Å². The first-order valence-electron chi connectivity index (χ1n) is 27.5. The van der Waals surface area contributed by atoms with Crippen molar-refractivity contribution >= 4 is 12.3 Å². The van der Waals surface area contributed by atoms with E-state index in [0.717, 1.165) is 74.3 Å². The smallest absolute Gasteiger partial charge is 0.331 e. The van der Waals surface area contributed by atoms with Crippen LogP contribution in [0.3, 0.4) is 0 Å². The van der Waals surface area contributed by atoms with Gasteiger partial charge in [-0.2, -0.15) is 0 Å². The number of ether oxygens (including phenoxy) is 1. The zero-order valence-corrected chi connectivity index (χ0v) is 40.8. The summed E-state index contributed by atoms with van der Waals surface area (Å²) in [6.07, 6.45) is 18.2. The van der Waals surface area contributed by atoms with Crippen LogP contribution in [0.15, 0.2) is 29.8 Å². The summed E-state index contributed by atoms with van der Waals surface area (Å²) in [4.78, 5) is 29.0. The highest BCUT2D eigenvalue weighted by Crippen LogP contribution is 2.83. The molecule has 4 bridgehead atoms. The predicted octanol–water partition coefficient (Wildman–Crippen LogP) is 6.86. The molecule has 9 saturated carbocycles. The topological polar surface area (TPSA) is 177 Å². The SMILES string of the molecule is CNC1Cc2c(cccc2CO)C#CCCC23CCC4C(O)(CC5CC(C(C)C6CCCC6)CCC6C(O)C7(CCCC78CCCC8)CC4(C=O)C56O)C2(O)CC2CC1C1OC(=O)C=C1C23CO. The Kier molecular flexibility index (Phi) is 10.9. The zero-order valence-electron chi connectivity index (χ0n) is 40.8. The average Bonchev–Trinajstić information content (AvgIpc) is 4.19. The zero-order chi connectivity index (χ0) is 47.3. The van der Waals surface area contributed by atoms with Crippen molar-refractivity contribution in [1.29, 1.82) is 0 Å². The molecule has 10 nitrogen and oxygen atoms in total. The van der Waals surface area contributed by atoms with Crippen molar-refractivity contribution in [2.45, 2.75) is 196 Å². The Morgan fingerprint density at radius 1 is 0.897 bits per heavy atom. The lowest BCUT2D eigenvalue weighted by molar-refractivity contribution is -0.363. The Morgan fingerprint density at radius 3 is 2.41 bits per heavy atom. The first kappa shape index (κ1) is 46.5. The van der Waals surface area contributed by atoms with Gasteiger partial charge in [0, 0.05) is 58.1 Å². The number of carbonyl (C=O) groups is 2. The maximum atomic E-state index is 15.1. The van der Waals surface area contributed by atoms with Gasteiger partial charge in [0.05, 0.1) is 35.9 Å². The molecule has 17 unspecified atom stereocenters. The number of likely N-dealkylation sites (N-methyl/N-ethyl adjacent to an activating group) is 1. The highest BCUT2D eigenvalue weighted by atomic mass is 16.5. The maximum Gasteiger partial charge on any atom is 0.331 e. The number of nitrogens with one attached hydrogen (secondary N) is 1. The van der Waals surface area contributed by atoms with E-state index in [1.54, 1.807) is 6.08 Å². The molecular formula is C58H79NO9. The Labute approximate surface area is 403 Å². The number of hydrogen-bond donors (Lipinski definition) is 7. The molecule has 0 amide bonds. The fourth-order valence-electron chi connectivity index (χ4n) is 21.6. The van der Waals surface area contributed by atoms with Crippen molar-refractivity contribution in [2.75, 3.05) is 13.7 Å². The predicted molar refractivity (Wildman–Crippen MR) is 255 cm³/mol. The van der Waals surface area contributed by atoms with Crippen LogP contribution >= 0.6 is 0 Å². The molecule has 13 rings (SSSR count). The lowest BCUT2D eigenvalue weighted by Crippen LogP contribution is -2.83. The van der Waals surface area contributed by atoms with Gasteiger partial charge in [0.1, 0.15) is 18.0 Å². The second-order valence-corrected chi connectivity index (χ2v) is 25.4. The number of aldehydes is 1. The van der Waals surface area contributed by atoms with Crippen LogP contribution in [0.25, 0.3) is 0 Å². The molecule has 68 heavy (non-hydrogen) atoms. The first-order valence-corrected chi connectivity index (χ1v) is 27.5. The van der Waals surface area contributed by atoms with Gasteiger partial charge in [-0.15, -0.1) is 0 Å². The average molecular weight is 934 g/mol. The number of carbonyl (C=O) groups excluding carboxylic acids is 2. The van der Waals surface area contributed by atoms with E-state index in [1.165, 1.54) is 25.7 Å². The third kappa shape index (κ3) is 5.52. The fourth-order valence-corrected chi connectivity index (χ4v) is 21.6. The first-order chi connectivity index (χ1) is 32.7. The molecule has 1 aromatic rings. The molecule has 10 heteroatoms. The van der Waals surface area contributed by atoms with Gasteiger partial charge in [0.15, 0.2) is 0 Å². The van der Waals surface area contributed by atoms with Crippen LogP contribution in [0.4, 0.5) is 0 Å². The number of rotatable bonds is 6. The Bertz CT molecular complexity index is 2300. The summed E-state index contributed by atoms with van der Waals surface area (Å²) in [5, 5.41) is 83.7. The highest BCUT2D eigenvalue weighted by molar-refractivity contribution is 5.87. The molecule has 0 radical (unpaired) electrons. The molecular weight excluding hydrogens is 855 g/mol. The van der Waals surface area contributed by atoms with E-state index >= 15 is 4.79 Å². The highest BCUT2D eigenvalue weighted by Gasteiger charge is 2.87. The number of aliphatic hydroxyl groups is 6. The second kappa shape index (κ2) is 15.9. The van der Waals surface area contributed by atoms with Gasteiger partial charge in [-0.25, -0.2) is 4.79 Å². The minimum Gasteiger partial charge on any atom is -0.454 e. The summed E-state index contributed by atoms with van der Waals surface area (Å²) in [6.45, 7) is 1.91. The molecule has 1 aliphatic heterocycles. The minimum atomic E-state index is -1.85. The molecule has 9 fully saturated rings. The van der Waals surface area contributed by atoms with Crippen molar-refractivity contribution in [1.82, 2.24) is 5.32 Å². The van der Waals surface area contributed by atoms with Crippen molar-refractivity contribution in [3.63, 3.8) is 0 Å². The summed E-state index contributed by atoms with van der Waals surface area (Å²) in [5.74, 6) is 5.22. The Morgan fingerprint density at radius 2 is 1.68 bits per heavy atom. The standard InChI is InChI=1S/C58H79NO9/c1-35(36-11-3-4-12-36)38-16-17-44-50(64)52(22-10-21-51(52)19-7-8-20-51)32-53(33-61)47-18-24-54-23-6-5-13-37-14-9-15-39(31-60)42(37)27-46(59-2)43-26-40(55(54,34-62)45-28-48(63)68-49(43)45)30-57(54,66)56(47,65)29-41(25-38)58(44,53)67/h9,14-15,28,33,35-36,38,40-41,43-44,46-47,49-50,59-60,62,64-67H,3-4,6-8,10-12,16-27,29-32,34H2,1-2H3. The second-order valence-electron chi connectivity index (χ2n) is 25.4. The third-order valence-corrected chi connectivity index (χ3v) is 24.3. The van der Waals surface area contributed by atoms with Gasteiger partial charge in [-0.3, -0.25) is 0 Å². The van der Waals surface area contributed by atoms with Crippen molar-refractivity contribution in [3.05, 3.63) is 46.5 Å². The maximum absolute atomic E-state index is 15.1. The third-order valence-electron chi connectivity index (χ3n) is 24.3. The quantitative estimate of drug-likeness (QED) is 0.0907. The van der Waals surface area contributed by atoms with Gasteiger partial charge in [-0.1, -0.05) is 75.8 Å². The number of aliphatic hydroxyl groups excluding tert-OH is 3. The molecule has 11 aliphatic carbocycles. The normalized spacial score (nSPS) is 49.1. The van der Waals surface area contributed by atoms with E-state index < -0.39 is 74.4 Å². The van der Waals surface area contributed by atoms with E-state index in [-0.39, 0.29) is 55.3 Å². The van der Waals surface area contributed by atoms with Gasteiger partial charge in [0.2, 0.25) is 0 Å².